The summed E-state index contributed by atoms with van der Waals surface area (Å²) in [5.41, 5.74) is 1.34. The Balaban J connectivity index is 2.98. The maximum Gasteiger partial charge on any atom is 0.150 e. The molecule has 11 heavy (non-hydrogen) atoms. The quantitative estimate of drug-likeness (QED) is 0.403. The van der Waals surface area contributed by atoms with E-state index in [1.54, 1.807) is 0 Å². The second kappa shape index (κ2) is 3.39. The van der Waals surface area contributed by atoms with Crippen molar-refractivity contribution in [1.29, 1.82) is 0 Å². The highest BCUT2D eigenvalue weighted by Gasteiger charge is 1.94. The molecule has 56 valence electrons. The number of hydrogen-bond donors (Lipinski definition) is 1. The number of aldehydes is 1. The molecule has 0 aliphatic heterocycles. The third-order valence-corrected chi connectivity index (χ3v) is 1.68. The van der Waals surface area contributed by atoms with Crippen LogP contribution in [-0.2, 0) is 4.79 Å². The highest BCUT2D eigenvalue weighted by molar-refractivity contribution is 7.80. The summed E-state index contributed by atoms with van der Waals surface area (Å²) in [4.78, 5) is 11.2. The lowest BCUT2D eigenvalue weighted by atomic mass is 10.1. The van der Waals surface area contributed by atoms with Gasteiger partial charge in [-0.2, -0.15) is 0 Å². The van der Waals surface area contributed by atoms with Crippen LogP contribution in [0.5, 0.6) is 0 Å². The molecule has 0 amide bonds. The number of carbonyl (C=O) groups excluding carboxylic acids is 1. The topological polar surface area (TPSA) is 17.1 Å². The van der Waals surface area contributed by atoms with Crippen LogP contribution in [0.15, 0.2) is 35.7 Å². The molecule has 0 atom stereocenters. The maximum absolute atomic E-state index is 10.3. The summed E-state index contributed by atoms with van der Waals surface area (Å²) < 4.78 is 0. The Bertz CT molecular complexity index is 274. The van der Waals surface area contributed by atoms with Crippen molar-refractivity contribution in [2.24, 2.45) is 0 Å². The minimum atomic E-state index is 0.498. The van der Waals surface area contributed by atoms with Gasteiger partial charge in [-0.3, -0.25) is 4.79 Å². The van der Waals surface area contributed by atoms with Gasteiger partial charge in [0.05, 0.1) is 0 Å². The minimum absolute atomic E-state index is 0.498. The highest BCUT2D eigenvalue weighted by Crippen LogP contribution is 2.12. The lowest BCUT2D eigenvalue weighted by Gasteiger charge is -1.96. The van der Waals surface area contributed by atoms with Crippen LogP contribution in [-0.4, -0.2) is 6.29 Å². The van der Waals surface area contributed by atoms with Crippen LogP contribution in [0.4, 0.5) is 0 Å². The van der Waals surface area contributed by atoms with Gasteiger partial charge in [0.1, 0.15) is 6.29 Å². The van der Waals surface area contributed by atoms with Crippen molar-refractivity contribution in [2.45, 2.75) is 4.90 Å². The molecule has 2 heteroatoms. The molecule has 0 aliphatic rings. The fraction of sp³-hybridized carbons (Fsp3) is 0. The molecule has 1 nitrogen and oxygen atoms in total. The summed E-state index contributed by atoms with van der Waals surface area (Å²) in [5, 5.41) is 0. The van der Waals surface area contributed by atoms with Crippen LogP contribution in [0.1, 0.15) is 5.56 Å². The molecule has 1 rings (SSSR count). The molecular weight excluding hydrogens is 156 g/mol. The molecule has 0 saturated heterocycles. The fourth-order valence-electron chi connectivity index (χ4n) is 0.744. The van der Waals surface area contributed by atoms with E-state index in [9.17, 15) is 4.79 Å². The molecule has 0 heterocycles. The molecule has 0 unspecified atom stereocenters. The zero-order valence-electron chi connectivity index (χ0n) is 5.95. The van der Waals surface area contributed by atoms with Gasteiger partial charge in [-0.1, -0.05) is 18.7 Å². The summed E-state index contributed by atoms with van der Waals surface area (Å²) in [6.07, 6.45) is 0.744. The smallest absolute Gasteiger partial charge is 0.150 e. The Morgan fingerprint density at radius 3 is 2.36 bits per heavy atom. The van der Waals surface area contributed by atoms with Crippen LogP contribution in [0.25, 0.3) is 5.57 Å². The van der Waals surface area contributed by atoms with Gasteiger partial charge in [-0.05, 0) is 17.7 Å². The number of hydrogen-bond acceptors (Lipinski definition) is 2. The van der Waals surface area contributed by atoms with Gasteiger partial charge in [-0.15, -0.1) is 12.6 Å². The monoisotopic (exact) mass is 164 g/mol. The molecule has 0 saturated carbocycles. The molecule has 0 aliphatic carbocycles. The molecule has 1 aromatic rings. The van der Waals surface area contributed by atoms with E-state index in [-0.39, 0.29) is 0 Å². The number of carbonyl (C=O) groups is 1. The zero-order chi connectivity index (χ0) is 8.27. The first-order valence-corrected chi connectivity index (χ1v) is 3.62. The Morgan fingerprint density at radius 2 is 1.91 bits per heavy atom. The Labute approximate surface area is 71.2 Å². The number of thiol groups is 1. The van der Waals surface area contributed by atoms with Crippen molar-refractivity contribution in [2.75, 3.05) is 0 Å². The third-order valence-electron chi connectivity index (χ3n) is 1.38. The van der Waals surface area contributed by atoms with Crippen LogP contribution < -0.4 is 0 Å². The molecular formula is C9H8OS. The summed E-state index contributed by atoms with van der Waals surface area (Å²) in [6.45, 7) is 3.58. The SMILES string of the molecule is C=C(C=O)c1ccc(S)cc1. The molecule has 0 bridgehead atoms. The van der Waals surface area contributed by atoms with Crippen LogP contribution in [0, 0.1) is 0 Å². The van der Waals surface area contributed by atoms with E-state index in [1.807, 2.05) is 24.3 Å². The Kier molecular flexibility index (Phi) is 2.49. The molecule has 1 aromatic carbocycles. The largest absolute Gasteiger partial charge is 0.298 e. The maximum atomic E-state index is 10.3. The number of benzene rings is 1. The second-order valence-electron chi connectivity index (χ2n) is 2.19. The first-order valence-electron chi connectivity index (χ1n) is 3.17. The van der Waals surface area contributed by atoms with E-state index in [0.29, 0.717) is 5.57 Å². The molecule has 0 aromatic heterocycles. The van der Waals surface area contributed by atoms with Crippen molar-refractivity contribution < 1.29 is 4.79 Å². The van der Waals surface area contributed by atoms with Gasteiger partial charge in [0.2, 0.25) is 0 Å². The first-order chi connectivity index (χ1) is 5.24. The van der Waals surface area contributed by atoms with Gasteiger partial charge < -0.3 is 0 Å². The highest BCUT2D eigenvalue weighted by atomic mass is 32.1. The van der Waals surface area contributed by atoms with Crippen LogP contribution >= 0.6 is 12.6 Å². The Hall–Kier alpha value is -1.02. The zero-order valence-corrected chi connectivity index (χ0v) is 6.84. The van der Waals surface area contributed by atoms with E-state index in [1.165, 1.54) is 0 Å². The van der Waals surface area contributed by atoms with Crippen molar-refractivity contribution in [3.05, 3.63) is 36.4 Å². The third kappa shape index (κ3) is 1.95. The lowest BCUT2D eigenvalue weighted by Crippen LogP contribution is -1.81. The molecule has 0 radical (unpaired) electrons. The minimum Gasteiger partial charge on any atom is -0.298 e. The summed E-state index contributed by atoms with van der Waals surface area (Å²) in [6, 6.07) is 7.29. The van der Waals surface area contributed by atoms with Gasteiger partial charge in [-0.25, -0.2) is 0 Å². The lowest BCUT2D eigenvalue weighted by molar-refractivity contribution is -0.103. The van der Waals surface area contributed by atoms with E-state index < -0.39 is 0 Å². The number of rotatable bonds is 2. The molecule has 0 fully saturated rings. The summed E-state index contributed by atoms with van der Waals surface area (Å²) in [7, 11) is 0. The number of allylic oxidation sites excluding steroid dienone is 1. The van der Waals surface area contributed by atoms with Crippen molar-refractivity contribution in [3.8, 4) is 0 Å². The standard InChI is InChI=1S/C9H8OS/c1-7(6-10)8-2-4-9(11)5-3-8/h2-6,11H,1H2. The van der Waals surface area contributed by atoms with E-state index in [4.69, 9.17) is 0 Å². The average molecular weight is 164 g/mol. The van der Waals surface area contributed by atoms with Crippen molar-refractivity contribution >= 4 is 24.5 Å². The van der Waals surface area contributed by atoms with Crippen LogP contribution in [0.3, 0.4) is 0 Å². The van der Waals surface area contributed by atoms with E-state index >= 15 is 0 Å². The Morgan fingerprint density at radius 1 is 1.36 bits per heavy atom. The normalized spacial score (nSPS) is 9.18. The average Bonchev–Trinajstić information content (AvgIpc) is 2.05. The van der Waals surface area contributed by atoms with E-state index in [0.717, 1.165) is 16.7 Å². The summed E-state index contributed by atoms with van der Waals surface area (Å²) >= 11 is 4.11. The second-order valence-corrected chi connectivity index (χ2v) is 2.71. The van der Waals surface area contributed by atoms with Crippen LogP contribution in [0.2, 0.25) is 0 Å². The predicted molar refractivity (Wildman–Crippen MR) is 48.8 cm³/mol. The van der Waals surface area contributed by atoms with Gasteiger partial charge in [0.15, 0.2) is 0 Å². The van der Waals surface area contributed by atoms with Gasteiger partial charge in [0.25, 0.3) is 0 Å². The van der Waals surface area contributed by atoms with Crippen molar-refractivity contribution in [1.82, 2.24) is 0 Å². The first kappa shape index (κ1) is 8.08. The molecule has 0 spiro atoms. The van der Waals surface area contributed by atoms with Crippen molar-refractivity contribution in [3.63, 3.8) is 0 Å². The fourth-order valence-corrected chi connectivity index (χ4v) is 0.893. The summed E-state index contributed by atoms with van der Waals surface area (Å²) in [5.74, 6) is 0. The van der Waals surface area contributed by atoms with Gasteiger partial charge in [0, 0.05) is 10.5 Å². The predicted octanol–water partition coefficient (Wildman–Crippen LogP) is 2.19. The van der Waals surface area contributed by atoms with E-state index in [2.05, 4.69) is 19.2 Å². The van der Waals surface area contributed by atoms with Gasteiger partial charge >= 0.3 is 0 Å². The molecule has 0 N–H and O–H groups in total.